The second-order valence-corrected chi connectivity index (χ2v) is 16.8. The van der Waals surface area contributed by atoms with E-state index in [9.17, 15) is 28.4 Å². The van der Waals surface area contributed by atoms with E-state index in [0.717, 1.165) is 42.4 Å². The topological polar surface area (TPSA) is 131 Å². The van der Waals surface area contributed by atoms with E-state index in [1.54, 1.807) is 19.1 Å². The van der Waals surface area contributed by atoms with Gasteiger partial charge in [0.2, 0.25) is 11.8 Å². The first kappa shape index (κ1) is 45.5. The van der Waals surface area contributed by atoms with Crippen molar-refractivity contribution in [1.82, 2.24) is 16.0 Å². The molecule has 4 aromatic carbocycles. The van der Waals surface area contributed by atoms with E-state index in [-0.39, 0.29) is 60.4 Å². The summed E-state index contributed by atoms with van der Waals surface area (Å²) in [5.74, 6) is -3.30. The van der Waals surface area contributed by atoms with Gasteiger partial charge in [-0.25, -0.2) is 9.18 Å². The number of ether oxygens (including phenoxy) is 1. The van der Waals surface area contributed by atoms with Crippen LogP contribution < -0.4 is 16.0 Å². The normalized spacial score (nSPS) is 14.6. The van der Waals surface area contributed by atoms with Gasteiger partial charge >= 0.3 is 5.97 Å². The average molecular weight is 834 g/mol. The van der Waals surface area contributed by atoms with Crippen LogP contribution in [0.5, 0.6) is 0 Å². The van der Waals surface area contributed by atoms with Crippen LogP contribution in [0.15, 0.2) is 127 Å². The second-order valence-electron chi connectivity index (χ2n) is 15.5. The number of hydrogen-bond donors (Lipinski definition) is 3. The van der Waals surface area contributed by atoms with Gasteiger partial charge in [-0.1, -0.05) is 148 Å². The van der Waals surface area contributed by atoms with Gasteiger partial charge in [0, 0.05) is 36.1 Å². The van der Waals surface area contributed by atoms with Crippen molar-refractivity contribution in [1.29, 1.82) is 0 Å². The van der Waals surface area contributed by atoms with Crippen LogP contribution in [-0.2, 0) is 35.9 Å². The van der Waals surface area contributed by atoms with Crippen LogP contribution >= 0.6 is 11.8 Å². The van der Waals surface area contributed by atoms with E-state index >= 15 is 0 Å². The van der Waals surface area contributed by atoms with E-state index < -0.39 is 41.2 Å². The number of rotatable bonds is 20. The minimum atomic E-state index is -1.06. The van der Waals surface area contributed by atoms with E-state index in [0.29, 0.717) is 5.56 Å². The molecular weight excluding hydrogens is 778 g/mol. The van der Waals surface area contributed by atoms with Crippen molar-refractivity contribution in [2.24, 2.45) is 11.8 Å². The molecule has 60 heavy (non-hydrogen) atoms. The monoisotopic (exact) mass is 833 g/mol. The van der Waals surface area contributed by atoms with Gasteiger partial charge in [-0.3, -0.25) is 19.2 Å². The van der Waals surface area contributed by atoms with Crippen LogP contribution in [0.1, 0.15) is 88.0 Å². The number of benzene rings is 4. The molecule has 0 unspecified atom stereocenters. The largest absolute Gasteiger partial charge is 0.463 e. The Morgan fingerprint density at radius 1 is 0.800 bits per heavy atom. The van der Waals surface area contributed by atoms with Gasteiger partial charge in [0.05, 0.1) is 12.6 Å². The molecule has 3 atom stereocenters. The van der Waals surface area contributed by atoms with Crippen molar-refractivity contribution in [2.75, 3.05) is 6.61 Å². The van der Waals surface area contributed by atoms with Gasteiger partial charge in [-0.15, -0.1) is 0 Å². The van der Waals surface area contributed by atoms with E-state index in [1.807, 2.05) is 105 Å². The molecule has 1 aliphatic carbocycles. The molecule has 3 N–H and O–H groups in total. The summed E-state index contributed by atoms with van der Waals surface area (Å²) < 4.78 is 19.0. The fourth-order valence-electron chi connectivity index (χ4n) is 7.71. The van der Waals surface area contributed by atoms with Crippen molar-refractivity contribution in [3.63, 3.8) is 0 Å². The summed E-state index contributed by atoms with van der Waals surface area (Å²) >= 11 is 1.23. The fourth-order valence-corrected chi connectivity index (χ4v) is 8.78. The summed E-state index contributed by atoms with van der Waals surface area (Å²) in [5, 5.41) is 9.21. The zero-order valence-corrected chi connectivity index (χ0v) is 35.4. The molecule has 0 heterocycles. The van der Waals surface area contributed by atoms with Crippen LogP contribution in [0.2, 0.25) is 0 Å². The lowest BCUT2D eigenvalue weighted by Crippen LogP contribution is -2.48. The molecule has 1 fully saturated rings. The van der Waals surface area contributed by atoms with Gasteiger partial charge in [-0.2, -0.15) is 0 Å². The van der Waals surface area contributed by atoms with Crippen LogP contribution in [-0.4, -0.2) is 52.7 Å². The molecule has 1 saturated carbocycles. The Morgan fingerprint density at radius 2 is 1.35 bits per heavy atom. The smallest absolute Gasteiger partial charge is 0.330 e. The first-order valence-electron chi connectivity index (χ1n) is 20.9. The van der Waals surface area contributed by atoms with Gasteiger partial charge in [0.15, 0.2) is 5.78 Å². The molecule has 316 valence electrons. The number of amides is 3. The average Bonchev–Trinajstić information content (AvgIpc) is 3.77. The maximum absolute atomic E-state index is 14.3. The zero-order valence-electron chi connectivity index (χ0n) is 34.6. The Morgan fingerprint density at radius 3 is 1.87 bits per heavy atom. The molecule has 0 aromatic heterocycles. The summed E-state index contributed by atoms with van der Waals surface area (Å²) in [4.78, 5) is 68.1. The summed E-state index contributed by atoms with van der Waals surface area (Å²) in [7, 11) is 0. The second kappa shape index (κ2) is 22.7. The first-order chi connectivity index (χ1) is 29.0. The maximum atomic E-state index is 14.3. The van der Waals surface area contributed by atoms with Gasteiger partial charge in [-0.05, 0) is 72.9 Å². The Balaban J connectivity index is 1.39. The number of esters is 1. The Hall–Kier alpha value is -5.55. The molecule has 0 spiro atoms. The number of ketones is 1. The Kier molecular flexibility index (Phi) is 17.2. The molecule has 0 aliphatic heterocycles. The third-order valence-electron chi connectivity index (χ3n) is 10.8. The highest BCUT2D eigenvalue weighted by atomic mass is 32.2. The van der Waals surface area contributed by atoms with Crippen LogP contribution in [0, 0.1) is 17.7 Å². The number of carbonyl (C=O) groups excluding carboxylic acids is 5. The molecule has 5 rings (SSSR count). The van der Waals surface area contributed by atoms with Crippen molar-refractivity contribution in [3.8, 4) is 0 Å². The Labute approximate surface area is 357 Å². The molecule has 0 saturated heterocycles. The number of halogens is 1. The highest BCUT2D eigenvalue weighted by molar-refractivity contribution is 8.14. The molecule has 1 aliphatic rings. The van der Waals surface area contributed by atoms with Crippen LogP contribution in [0.3, 0.4) is 0 Å². The highest BCUT2D eigenvalue weighted by Gasteiger charge is 2.38. The molecule has 0 radical (unpaired) electrons. The van der Waals surface area contributed by atoms with E-state index in [1.165, 1.54) is 36.0 Å². The predicted octanol–water partition coefficient (Wildman–Crippen LogP) is 8.85. The lowest BCUT2D eigenvalue weighted by Gasteiger charge is -2.37. The third kappa shape index (κ3) is 13.0. The maximum Gasteiger partial charge on any atom is 0.330 e. The van der Waals surface area contributed by atoms with Gasteiger partial charge < -0.3 is 20.7 Å². The number of nitrogens with one attached hydrogen (secondary N) is 3. The van der Waals surface area contributed by atoms with E-state index in [4.69, 9.17) is 4.74 Å². The number of thioether (sulfide) groups is 1. The lowest BCUT2D eigenvalue weighted by atomic mass is 9.77. The summed E-state index contributed by atoms with van der Waals surface area (Å²) in [6.07, 6.45) is 6.74. The number of carbonyl (C=O) groups is 5. The van der Waals surface area contributed by atoms with E-state index in [2.05, 4.69) is 16.0 Å². The van der Waals surface area contributed by atoms with Gasteiger partial charge in [0.1, 0.15) is 11.4 Å². The molecule has 0 bridgehead atoms. The Bertz CT molecular complexity index is 1940. The minimum Gasteiger partial charge on any atom is -0.463 e. The summed E-state index contributed by atoms with van der Waals surface area (Å²) in [6, 6.07) is 33.2. The van der Waals surface area contributed by atoms with Crippen molar-refractivity contribution < 1.29 is 33.1 Å². The third-order valence-corrected chi connectivity index (χ3v) is 11.9. The van der Waals surface area contributed by atoms with Gasteiger partial charge in [0.25, 0.3) is 5.24 Å². The molecule has 9 nitrogen and oxygen atoms in total. The number of Topliss-reactive ketones (excluding diaryl/α,β-unsaturated/α-hetero) is 1. The zero-order chi connectivity index (χ0) is 42.9. The van der Waals surface area contributed by atoms with Crippen molar-refractivity contribution >= 4 is 40.6 Å². The lowest BCUT2D eigenvalue weighted by molar-refractivity contribution is -0.137. The SMILES string of the molecule is CCOC(=O)/C=C/[C@H](CCC(=O)NC(c1ccccc1)(c1ccccc1)c1ccccc1)NC(=O)[C@H](CC(=O)[C@@H](NC(=O)SC1CCCC1)C(C)C)Cc1ccc(F)cc1. The highest BCUT2D eigenvalue weighted by Crippen LogP contribution is 2.37. The van der Waals surface area contributed by atoms with Crippen molar-refractivity contribution in [3.05, 3.63) is 155 Å². The van der Waals surface area contributed by atoms with Crippen LogP contribution in [0.25, 0.3) is 0 Å². The van der Waals surface area contributed by atoms with Crippen molar-refractivity contribution in [2.45, 2.75) is 95.0 Å². The number of hydrogen-bond acceptors (Lipinski definition) is 7. The quantitative estimate of drug-likeness (QED) is 0.0461. The molecular formula is C49H56FN3O6S. The summed E-state index contributed by atoms with van der Waals surface area (Å²) in [5.41, 5.74) is 2.14. The predicted molar refractivity (Wildman–Crippen MR) is 235 cm³/mol. The van der Waals surface area contributed by atoms with Crippen LogP contribution in [0.4, 0.5) is 9.18 Å². The fraction of sp³-hybridized carbons (Fsp3) is 0.367. The molecule has 3 amide bonds. The molecule has 11 heteroatoms. The molecule has 4 aromatic rings. The minimum absolute atomic E-state index is 0.0476. The summed E-state index contributed by atoms with van der Waals surface area (Å²) in [6.45, 7) is 5.53. The first-order valence-corrected chi connectivity index (χ1v) is 21.7. The standard InChI is InChI=1S/C49H56FN3O6S/c1-4-59-45(56)31-29-41(28-30-44(55)53-49(37-16-8-5-9-17-37,38-18-10-6-11-19-38)39-20-12-7-13-21-39)51-47(57)36(32-35-24-26-40(50)27-25-35)33-43(54)46(34(2)3)52-48(58)60-42-22-14-15-23-42/h5-13,16-21,24-27,29,31,34,36,41-42,46H,4,14-15,22-23,28,30,32-33H2,1-3H3,(H,51,57)(H,52,58)(H,53,55)/b31-29+/t36-,41-,46-/m0/s1.